The number of hydrogen-bond acceptors (Lipinski definition) is 2. The molecule has 0 bridgehead atoms. The maximum absolute atomic E-state index is 12.0. The minimum absolute atomic E-state index is 0.213. The van der Waals surface area contributed by atoms with E-state index in [4.69, 9.17) is 4.74 Å². The van der Waals surface area contributed by atoms with Gasteiger partial charge in [-0.1, -0.05) is 0 Å². The smallest absolute Gasteiger partial charge is 0.338 e. The molecule has 110 valence electrons. The number of quaternary nitrogens is 1. The van der Waals surface area contributed by atoms with Crippen molar-refractivity contribution in [3.8, 4) is 0 Å². The summed E-state index contributed by atoms with van der Waals surface area (Å²) in [6, 6.07) is 6.65. The van der Waals surface area contributed by atoms with E-state index in [1.807, 2.05) is 19.1 Å². The second-order valence-electron chi connectivity index (χ2n) is 5.99. The molecular formula is C17H21N2O2+. The van der Waals surface area contributed by atoms with E-state index in [-0.39, 0.29) is 5.97 Å². The zero-order chi connectivity index (χ0) is 14.4. The fourth-order valence-electron chi connectivity index (χ4n) is 3.98. The van der Waals surface area contributed by atoms with Gasteiger partial charge < -0.3 is 14.6 Å². The van der Waals surface area contributed by atoms with E-state index in [0.717, 1.165) is 19.5 Å². The molecule has 2 aromatic rings. The summed E-state index contributed by atoms with van der Waals surface area (Å²) in [5.74, 6) is -0.213. The van der Waals surface area contributed by atoms with Crippen molar-refractivity contribution in [3.63, 3.8) is 0 Å². The first-order valence-corrected chi connectivity index (χ1v) is 7.95. The first-order valence-electron chi connectivity index (χ1n) is 7.95. The molecule has 1 atom stereocenters. The van der Waals surface area contributed by atoms with Gasteiger partial charge in [-0.15, -0.1) is 0 Å². The van der Waals surface area contributed by atoms with Crippen molar-refractivity contribution in [1.82, 2.24) is 4.57 Å². The van der Waals surface area contributed by atoms with Gasteiger partial charge in [0.2, 0.25) is 0 Å². The van der Waals surface area contributed by atoms with Crippen molar-refractivity contribution in [2.45, 2.75) is 38.8 Å². The quantitative estimate of drug-likeness (QED) is 0.855. The van der Waals surface area contributed by atoms with Gasteiger partial charge in [0.05, 0.1) is 31.0 Å². The monoisotopic (exact) mass is 285 g/mol. The molecule has 0 saturated carbocycles. The number of ether oxygens (including phenoxy) is 1. The van der Waals surface area contributed by atoms with Crippen LogP contribution in [0.3, 0.4) is 0 Å². The maximum atomic E-state index is 12.0. The number of benzene rings is 1. The van der Waals surface area contributed by atoms with Crippen molar-refractivity contribution >= 4 is 16.9 Å². The molecule has 0 saturated heterocycles. The van der Waals surface area contributed by atoms with Gasteiger partial charge in [0.15, 0.2) is 0 Å². The number of esters is 1. The van der Waals surface area contributed by atoms with Gasteiger partial charge in [-0.25, -0.2) is 4.79 Å². The van der Waals surface area contributed by atoms with E-state index in [2.05, 4.69) is 16.0 Å². The Morgan fingerprint density at radius 3 is 3.24 bits per heavy atom. The zero-order valence-electron chi connectivity index (χ0n) is 12.4. The summed E-state index contributed by atoms with van der Waals surface area (Å²) in [6.07, 6.45) is 3.65. The Balaban J connectivity index is 1.90. The third kappa shape index (κ3) is 1.89. The predicted molar refractivity (Wildman–Crippen MR) is 80.4 cm³/mol. The van der Waals surface area contributed by atoms with Crippen LogP contribution in [0, 0.1) is 0 Å². The van der Waals surface area contributed by atoms with Crippen LogP contribution in [0.4, 0.5) is 0 Å². The van der Waals surface area contributed by atoms with E-state index in [1.165, 1.54) is 35.0 Å². The Morgan fingerprint density at radius 2 is 2.38 bits per heavy atom. The average molecular weight is 285 g/mol. The number of aromatic nitrogens is 1. The standard InChI is InChI=1S/C17H20N2O2/c1-2-21-17(20)11-6-7-15-13(10-11)12-4-3-5-14-16(12)19(15)9-8-18-14/h6-7,10,14,18H,2-5,8-9H2,1H3/p+1/t14-/m0/s1. The highest BCUT2D eigenvalue weighted by Crippen LogP contribution is 2.37. The normalized spacial score (nSPS) is 20.3. The molecule has 4 rings (SSSR count). The summed E-state index contributed by atoms with van der Waals surface area (Å²) >= 11 is 0. The van der Waals surface area contributed by atoms with Crippen LogP contribution in [0.1, 0.15) is 47.4 Å². The number of fused-ring (bicyclic) bond motifs is 3. The Kier molecular flexibility index (Phi) is 3.00. The van der Waals surface area contributed by atoms with E-state index >= 15 is 0 Å². The fraction of sp³-hybridized carbons (Fsp3) is 0.471. The first-order chi connectivity index (χ1) is 10.3. The van der Waals surface area contributed by atoms with Crippen LogP contribution in [0.25, 0.3) is 10.9 Å². The second kappa shape index (κ2) is 4.88. The Bertz CT molecular complexity index is 715. The summed E-state index contributed by atoms with van der Waals surface area (Å²) < 4.78 is 7.61. The molecule has 0 fully saturated rings. The summed E-state index contributed by atoms with van der Waals surface area (Å²) in [5.41, 5.74) is 4.93. The zero-order valence-corrected chi connectivity index (χ0v) is 12.4. The molecule has 4 nitrogen and oxygen atoms in total. The molecule has 2 aliphatic rings. The van der Waals surface area contributed by atoms with E-state index < -0.39 is 0 Å². The number of nitrogens with two attached hydrogens (primary N) is 1. The van der Waals surface area contributed by atoms with Crippen LogP contribution in [0.2, 0.25) is 0 Å². The first kappa shape index (κ1) is 12.9. The molecule has 4 heteroatoms. The number of carbonyl (C=O) groups is 1. The molecule has 1 aromatic carbocycles. The molecule has 2 N–H and O–H groups in total. The number of hydrogen-bond donors (Lipinski definition) is 1. The van der Waals surface area contributed by atoms with Gasteiger partial charge in [-0.2, -0.15) is 0 Å². The van der Waals surface area contributed by atoms with Crippen molar-refractivity contribution < 1.29 is 14.8 Å². The molecule has 1 aliphatic heterocycles. The topological polar surface area (TPSA) is 47.8 Å². The molecule has 1 aromatic heterocycles. The largest absolute Gasteiger partial charge is 0.462 e. The lowest BCUT2D eigenvalue weighted by atomic mass is 9.90. The van der Waals surface area contributed by atoms with Crippen LogP contribution in [0.5, 0.6) is 0 Å². The van der Waals surface area contributed by atoms with Crippen molar-refractivity contribution in [2.75, 3.05) is 13.2 Å². The van der Waals surface area contributed by atoms with Crippen molar-refractivity contribution in [1.29, 1.82) is 0 Å². The van der Waals surface area contributed by atoms with Gasteiger partial charge in [-0.05, 0) is 43.5 Å². The lowest BCUT2D eigenvalue weighted by Gasteiger charge is -2.27. The lowest BCUT2D eigenvalue weighted by Crippen LogP contribution is -2.88. The van der Waals surface area contributed by atoms with Crippen LogP contribution < -0.4 is 5.32 Å². The molecular weight excluding hydrogens is 264 g/mol. The minimum atomic E-state index is -0.213. The summed E-state index contributed by atoms with van der Waals surface area (Å²) in [6.45, 7) is 4.49. The predicted octanol–water partition coefficient (Wildman–Crippen LogP) is 1.77. The SMILES string of the molecule is CCOC(=O)c1ccc2c(c1)c1c3n2CC[NH2+][C@H]3CCC1. The number of carbonyl (C=O) groups excluding carboxylic acids is 1. The lowest BCUT2D eigenvalue weighted by molar-refractivity contribution is -0.704. The average Bonchev–Trinajstić information content (AvgIpc) is 2.84. The Hall–Kier alpha value is -1.81. The molecule has 0 radical (unpaired) electrons. The van der Waals surface area contributed by atoms with E-state index in [1.54, 1.807) is 0 Å². The van der Waals surface area contributed by atoms with Gasteiger partial charge in [-0.3, -0.25) is 0 Å². The number of aryl methyl sites for hydroxylation is 1. The van der Waals surface area contributed by atoms with Crippen LogP contribution in [-0.2, 0) is 17.7 Å². The second-order valence-corrected chi connectivity index (χ2v) is 5.99. The van der Waals surface area contributed by atoms with E-state index in [9.17, 15) is 4.79 Å². The van der Waals surface area contributed by atoms with Crippen LogP contribution >= 0.6 is 0 Å². The molecule has 0 amide bonds. The maximum Gasteiger partial charge on any atom is 0.338 e. The van der Waals surface area contributed by atoms with Crippen LogP contribution in [0.15, 0.2) is 18.2 Å². The molecule has 1 aliphatic carbocycles. The number of nitrogens with zero attached hydrogens (tertiary/aromatic N) is 1. The number of rotatable bonds is 2. The summed E-state index contributed by atoms with van der Waals surface area (Å²) in [5, 5.41) is 3.74. The highest BCUT2D eigenvalue weighted by atomic mass is 16.5. The van der Waals surface area contributed by atoms with Gasteiger partial charge >= 0.3 is 5.97 Å². The van der Waals surface area contributed by atoms with Gasteiger partial charge in [0.25, 0.3) is 0 Å². The Morgan fingerprint density at radius 1 is 1.48 bits per heavy atom. The molecule has 0 spiro atoms. The van der Waals surface area contributed by atoms with Crippen molar-refractivity contribution in [3.05, 3.63) is 35.0 Å². The molecule has 0 unspecified atom stereocenters. The minimum Gasteiger partial charge on any atom is -0.462 e. The highest BCUT2D eigenvalue weighted by molar-refractivity contribution is 5.96. The molecule has 21 heavy (non-hydrogen) atoms. The van der Waals surface area contributed by atoms with Crippen molar-refractivity contribution in [2.24, 2.45) is 0 Å². The van der Waals surface area contributed by atoms with Gasteiger partial charge in [0, 0.05) is 17.3 Å². The Labute approximate surface area is 124 Å². The third-order valence-electron chi connectivity index (χ3n) is 4.82. The van der Waals surface area contributed by atoms with Crippen LogP contribution in [-0.4, -0.2) is 23.7 Å². The molecule has 2 heterocycles. The summed E-state index contributed by atoms with van der Waals surface area (Å²) in [7, 11) is 0. The summed E-state index contributed by atoms with van der Waals surface area (Å²) in [4.78, 5) is 12.0. The fourth-order valence-corrected chi connectivity index (χ4v) is 3.98. The van der Waals surface area contributed by atoms with Gasteiger partial charge in [0.1, 0.15) is 6.04 Å². The highest BCUT2D eigenvalue weighted by Gasteiger charge is 2.32. The third-order valence-corrected chi connectivity index (χ3v) is 4.82. The van der Waals surface area contributed by atoms with E-state index in [0.29, 0.717) is 18.2 Å².